The van der Waals surface area contributed by atoms with Gasteiger partial charge in [0.05, 0.1) is 16.7 Å². The lowest BCUT2D eigenvalue weighted by Crippen LogP contribution is -2.54. The number of anilines is 1. The molecule has 4 rings (SSSR count). The van der Waals surface area contributed by atoms with Gasteiger partial charge in [0, 0.05) is 32.1 Å². The van der Waals surface area contributed by atoms with Crippen LogP contribution in [0.15, 0.2) is 48.5 Å². The summed E-state index contributed by atoms with van der Waals surface area (Å²) in [6.45, 7) is 7.31. The Labute approximate surface area is 193 Å². The average molecular weight is 452 g/mol. The van der Waals surface area contributed by atoms with E-state index in [0.29, 0.717) is 37.8 Å². The van der Waals surface area contributed by atoms with Gasteiger partial charge in [0.1, 0.15) is 5.82 Å². The van der Waals surface area contributed by atoms with Gasteiger partial charge in [-0.1, -0.05) is 37.3 Å². The number of carbonyl (C=O) groups excluding carboxylic acids is 3. The molecule has 1 N–H and O–H groups in total. The Morgan fingerprint density at radius 1 is 0.970 bits per heavy atom. The Morgan fingerprint density at radius 3 is 2.18 bits per heavy atom. The summed E-state index contributed by atoms with van der Waals surface area (Å²) in [4.78, 5) is 42.2. The highest BCUT2D eigenvalue weighted by atomic mass is 19.1. The van der Waals surface area contributed by atoms with Crippen LogP contribution in [-0.4, -0.2) is 53.7 Å². The second-order valence-corrected chi connectivity index (χ2v) is 9.57. The first kappa shape index (κ1) is 23.0. The summed E-state index contributed by atoms with van der Waals surface area (Å²) in [5.74, 6) is -0.728. The minimum atomic E-state index is -0.673. The van der Waals surface area contributed by atoms with Gasteiger partial charge < -0.3 is 15.1 Å². The number of amides is 3. The molecule has 33 heavy (non-hydrogen) atoms. The number of carbonyl (C=O) groups is 3. The Hall–Kier alpha value is -3.22. The van der Waals surface area contributed by atoms with Crippen molar-refractivity contribution < 1.29 is 18.8 Å². The van der Waals surface area contributed by atoms with Crippen molar-refractivity contribution in [1.29, 1.82) is 0 Å². The van der Waals surface area contributed by atoms with E-state index in [2.05, 4.69) is 5.32 Å². The molecule has 0 bridgehead atoms. The summed E-state index contributed by atoms with van der Waals surface area (Å²) in [5, 5.41) is 2.80. The van der Waals surface area contributed by atoms with E-state index < -0.39 is 11.2 Å². The minimum absolute atomic E-state index is 0.0121. The molecule has 1 saturated carbocycles. The molecule has 2 unspecified atom stereocenters. The Kier molecular flexibility index (Phi) is 6.23. The minimum Gasteiger partial charge on any atom is -0.338 e. The van der Waals surface area contributed by atoms with E-state index >= 15 is 0 Å². The second-order valence-electron chi connectivity index (χ2n) is 9.57. The van der Waals surface area contributed by atoms with Gasteiger partial charge in [-0.3, -0.25) is 14.4 Å². The monoisotopic (exact) mass is 451 g/mol. The predicted molar refractivity (Wildman–Crippen MR) is 124 cm³/mol. The van der Waals surface area contributed by atoms with Crippen molar-refractivity contribution in [1.82, 2.24) is 9.80 Å². The second kappa shape index (κ2) is 8.96. The lowest BCUT2D eigenvalue weighted by molar-refractivity contribution is -0.137. The van der Waals surface area contributed by atoms with Gasteiger partial charge in [0.2, 0.25) is 11.8 Å². The maximum atomic E-state index is 14.0. The molecular weight excluding hydrogens is 421 g/mol. The molecule has 2 aromatic rings. The Bertz CT molecular complexity index is 1060. The average Bonchev–Trinajstić information content (AvgIpc) is 3.56. The first-order valence-electron chi connectivity index (χ1n) is 11.4. The van der Waals surface area contributed by atoms with Gasteiger partial charge in [-0.2, -0.15) is 0 Å². The van der Waals surface area contributed by atoms with Gasteiger partial charge in [-0.05, 0) is 49.9 Å². The van der Waals surface area contributed by atoms with Gasteiger partial charge in [-0.25, -0.2) is 4.39 Å². The molecule has 6 nitrogen and oxygen atoms in total. The van der Waals surface area contributed by atoms with E-state index in [0.717, 1.165) is 12.0 Å². The van der Waals surface area contributed by atoms with E-state index in [1.165, 1.54) is 18.2 Å². The maximum absolute atomic E-state index is 14.0. The molecule has 2 atom stereocenters. The van der Waals surface area contributed by atoms with Crippen molar-refractivity contribution in [2.75, 3.05) is 31.5 Å². The zero-order valence-corrected chi connectivity index (χ0v) is 19.3. The fraction of sp³-hybridized carbons (Fsp3) is 0.423. The SMILES string of the molecule is CC1CC1C(=O)Nc1ccc(F)cc1C(=O)N1CCN(C(=O)C(C)(C)c2ccccc2)CC1. The molecule has 3 amide bonds. The molecule has 0 radical (unpaired) electrons. The normalized spacial score (nSPS) is 20.4. The van der Waals surface area contributed by atoms with Gasteiger partial charge in [0.15, 0.2) is 0 Å². The van der Waals surface area contributed by atoms with Crippen molar-refractivity contribution in [2.45, 2.75) is 32.6 Å². The predicted octanol–water partition coefficient (Wildman–Crippen LogP) is 3.68. The summed E-state index contributed by atoms with van der Waals surface area (Å²) < 4.78 is 14.0. The number of rotatable bonds is 5. The molecule has 1 aliphatic heterocycles. The van der Waals surface area contributed by atoms with E-state index in [4.69, 9.17) is 0 Å². The number of hydrogen-bond acceptors (Lipinski definition) is 3. The molecule has 2 aliphatic rings. The zero-order chi connectivity index (χ0) is 23.8. The van der Waals surface area contributed by atoms with Crippen LogP contribution in [-0.2, 0) is 15.0 Å². The summed E-state index contributed by atoms with van der Waals surface area (Å²) in [7, 11) is 0. The highest BCUT2D eigenvalue weighted by Crippen LogP contribution is 2.38. The number of hydrogen-bond donors (Lipinski definition) is 1. The third kappa shape index (κ3) is 4.77. The molecular formula is C26H30FN3O3. The standard InChI is InChI=1S/C26H30FN3O3/c1-17-15-20(17)23(31)28-22-10-9-19(27)16-21(22)24(32)29-11-13-30(14-12-29)25(33)26(2,3)18-7-5-4-6-8-18/h4-10,16-17,20H,11-15H2,1-3H3,(H,28,31). The summed E-state index contributed by atoms with van der Waals surface area (Å²) >= 11 is 0. The van der Waals surface area contributed by atoms with Crippen LogP contribution in [0.5, 0.6) is 0 Å². The van der Waals surface area contributed by atoms with Crippen molar-refractivity contribution in [3.63, 3.8) is 0 Å². The van der Waals surface area contributed by atoms with Crippen LogP contribution in [0, 0.1) is 17.7 Å². The topological polar surface area (TPSA) is 69.7 Å². The smallest absolute Gasteiger partial charge is 0.256 e. The third-order valence-electron chi connectivity index (χ3n) is 6.80. The highest BCUT2D eigenvalue weighted by molar-refractivity contribution is 6.04. The number of halogens is 1. The van der Waals surface area contributed by atoms with Crippen LogP contribution in [0.2, 0.25) is 0 Å². The van der Waals surface area contributed by atoms with Crippen LogP contribution < -0.4 is 5.32 Å². The number of nitrogens with one attached hydrogen (secondary N) is 1. The van der Waals surface area contributed by atoms with Gasteiger partial charge >= 0.3 is 0 Å². The quantitative estimate of drug-likeness (QED) is 0.754. The van der Waals surface area contributed by atoms with Crippen LogP contribution in [0.25, 0.3) is 0 Å². The lowest BCUT2D eigenvalue weighted by atomic mass is 9.83. The van der Waals surface area contributed by atoms with Crippen LogP contribution in [0.3, 0.4) is 0 Å². The van der Waals surface area contributed by atoms with Crippen LogP contribution in [0.1, 0.15) is 43.1 Å². The molecule has 0 spiro atoms. The van der Waals surface area contributed by atoms with E-state index in [1.54, 1.807) is 9.80 Å². The first-order valence-corrected chi connectivity index (χ1v) is 11.4. The fourth-order valence-electron chi connectivity index (χ4n) is 4.37. The van der Waals surface area contributed by atoms with E-state index in [1.807, 2.05) is 51.1 Å². The Morgan fingerprint density at radius 2 is 1.58 bits per heavy atom. The third-order valence-corrected chi connectivity index (χ3v) is 6.80. The Balaban J connectivity index is 1.43. The van der Waals surface area contributed by atoms with Gasteiger partial charge in [0.25, 0.3) is 5.91 Å². The summed E-state index contributed by atoms with van der Waals surface area (Å²) in [6.07, 6.45) is 0.825. The lowest BCUT2D eigenvalue weighted by Gasteiger charge is -2.39. The summed E-state index contributed by atoms with van der Waals surface area (Å²) in [6, 6.07) is 13.5. The molecule has 1 aliphatic carbocycles. The molecule has 0 aromatic heterocycles. The van der Waals surface area contributed by atoms with Crippen molar-refractivity contribution >= 4 is 23.4 Å². The largest absolute Gasteiger partial charge is 0.338 e. The number of benzene rings is 2. The fourth-order valence-corrected chi connectivity index (χ4v) is 4.37. The number of nitrogens with zero attached hydrogens (tertiary/aromatic N) is 2. The molecule has 1 saturated heterocycles. The number of piperazine rings is 1. The van der Waals surface area contributed by atoms with Crippen molar-refractivity contribution in [3.05, 3.63) is 65.5 Å². The van der Waals surface area contributed by atoms with Crippen molar-refractivity contribution in [3.8, 4) is 0 Å². The summed E-state index contributed by atoms with van der Waals surface area (Å²) in [5.41, 5.74) is 0.738. The molecule has 1 heterocycles. The first-order chi connectivity index (χ1) is 15.7. The van der Waals surface area contributed by atoms with E-state index in [9.17, 15) is 18.8 Å². The molecule has 2 aromatic carbocycles. The maximum Gasteiger partial charge on any atom is 0.256 e. The van der Waals surface area contributed by atoms with E-state index in [-0.39, 0.29) is 29.2 Å². The zero-order valence-electron chi connectivity index (χ0n) is 19.3. The highest BCUT2D eigenvalue weighted by Gasteiger charge is 2.40. The van der Waals surface area contributed by atoms with Crippen molar-refractivity contribution in [2.24, 2.45) is 11.8 Å². The van der Waals surface area contributed by atoms with Crippen LogP contribution in [0.4, 0.5) is 10.1 Å². The van der Waals surface area contributed by atoms with Crippen LogP contribution >= 0.6 is 0 Å². The van der Waals surface area contributed by atoms with Gasteiger partial charge in [-0.15, -0.1) is 0 Å². The molecule has 2 fully saturated rings. The molecule has 7 heteroatoms. The molecule has 174 valence electrons.